The first-order valence-corrected chi connectivity index (χ1v) is 10.7. The number of hydrogen-bond acceptors (Lipinski definition) is 2. The molecule has 0 aliphatic carbocycles. The van der Waals surface area contributed by atoms with Gasteiger partial charge in [-0.2, -0.15) is 0 Å². The van der Waals surface area contributed by atoms with Crippen LogP contribution in [0.25, 0.3) is 0 Å². The Kier molecular flexibility index (Phi) is 9.09. The minimum absolute atomic E-state index is 0.0496. The lowest BCUT2D eigenvalue weighted by molar-refractivity contribution is -0.140. The smallest absolute Gasteiger partial charge is 0.242 e. The summed E-state index contributed by atoms with van der Waals surface area (Å²) in [6, 6.07) is 9.42. The van der Waals surface area contributed by atoms with Gasteiger partial charge in [-0.25, -0.2) is 0 Å². The Balaban J connectivity index is 2.35. The molecule has 0 aliphatic heterocycles. The van der Waals surface area contributed by atoms with Gasteiger partial charge in [-0.15, -0.1) is 0 Å². The van der Waals surface area contributed by atoms with Crippen molar-refractivity contribution in [3.8, 4) is 0 Å². The molecule has 0 aromatic heterocycles. The maximum Gasteiger partial charge on any atom is 0.242 e. The molecule has 156 valence electrons. The van der Waals surface area contributed by atoms with Gasteiger partial charge in [-0.05, 0) is 43.2 Å². The summed E-state index contributed by atoms with van der Waals surface area (Å²) in [6.45, 7) is 4.23. The highest BCUT2D eigenvalue weighted by molar-refractivity contribution is 6.36. The normalized spacial score (nSPS) is 11.8. The van der Waals surface area contributed by atoms with Crippen molar-refractivity contribution < 1.29 is 9.59 Å². The van der Waals surface area contributed by atoms with Gasteiger partial charge >= 0.3 is 0 Å². The first-order chi connectivity index (χ1) is 13.8. The number of carbonyl (C=O) groups is 2. The highest BCUT2D eigenvalue weighted by atomic mass is 35.5. The largest absolute Gasteiger partial charge is 0.354 e. The van der Waals surface area contributed by atoms with Crippen molar-refractivity contribution in [3.63, 3.8) is 0 Å². The number of amides is 2. The first-order valence-electron chi connectivity index (χ1n) is 9.19. The molecule has 4 nitrogen and oxygen atoms in total. The van der Waals surface area contributed by atoms with Crippen molar-refractivity contribution in [1.29, 1.82) is 0 Å². The Labute approximate surface area is 191 Å². The molecule has 2 aromatic rings. The van der Waals surface area contributed by atoms with Crippen LogP contribution in [0.1, 0.15) is 31.4 Å². The van der Waals surface area contributed by atoms with Crippen LogP contribution in [0.5, 0.6) is 0 Å². The SMILES string of the molecule is CCCNC(=O)C(C)N(Cc1c(Cl)cccc1Cl)C(=O)Cc1c(Cl)cccc1Cl. The minimum atomic E-state index is -0.734. The van der Waals surface area contributed by atoms with Crippen molar-refractivity contribution in [3.05, 3.63) is 67.6 Å². The molecule has 0 saturated heterocycles. The van der Waals surface area contributed by atoms with E-state index in [4.69, 9.17) is 46.4 Å². The number of hydrogen-bond donors (Lipinski definition) is 1. The third-order valence-electron chi connectivity index (χ3n) is 4.50. The van der Waals surface area contributed by atoms with Crippen LogP contribution >= 0.6 is 46.4 Å². The number of nitrogens with zero attached hydrogens (tertiary/aromatic N) is 1. The molecule has 0 radical (unpaired) electrons. The molecule has 29 heavy (non-hydrogen) atoms. The summed E-state index contributed by atoms with van der Waals surface area (Å²) in [5.41, 5.74) is 1.09. The van der Waals surface area contributed by atoms with Gasteiger partial charge in [-0.1, -0.05) is 65.5 Å². The van der Waals surface area contributed by atoms with Crippen LogP contribution in [0.3, 0.4) is 0 Å². The van der Waals surface area contributed by atoms with Crippen LogP contribution in [0, 0.1) is 0 Å². The molecule has 0 heterocycles. The van der Waals surface area contributed by atoms with E-state index in [0.717, 1.165) is 6.42 Å². The fourth-order valence-corrected chi connectivity index (χ4v) is 3.83. The molecule has 2 amide bonds. The topological polar surface area (TPSA) is 49.4 Å². The predicted octanol–water partition coefficient (Wildman–Crippen LogP) is 5.79. The lowest BCUT2D eigenvalue weighted by Gasteiger charge is -2.29. The second-order valence-corrected chi connectivity index (χ2v) is 8.19. The van der Waals surface area contributed by atoms with Crippen LogP contribution in [-0.4, -0.2) is 29.3 Å². The van der Waals surface area contributed by atoms with E-state index >= 15 is 0 Å². The van der Waals surface area contributed by atoms with Gasteiger partial charge in [0.05, 0.1) is 6.42 Å². The molecule has 0 fully saturated rings. The average molecular weight is 476 g/mol. The van der Waals surface area contributed by atoms with Crippen molar-refractivity contribution in [2.75, 3.05) is 6.54 Å². The standard InChI is InChI=1S/C21H22Cl4N2O2/c1-3-10-26-21(29)13(2)27(12-15-18(24)8-5-9-19(15)25)20(28)11-14-16(22)6-4-7-17(14)23/h4-9,13H,3,10-12H2,1-2H3,(H,26,29). The summed E-state index contributed by atoms with van der Waals surface area (Å²) in [7, 11) is 0. The number of halogens is 4. The Bertz CT molecular complexity index is 848. The zero-order valence-electron chi connectivity index (χ0n) is 16.1. The van der Waals surface area contributed by atoms with Crippen molar-refractivity contribution in [1.82, 2.24) is 10.2 Å². The van der Waals surface area contributed by atoms with Crippen molar-refractivity contribution in [2.45, 2.75) is 39.3 Å². The zero-order valence-corrected chi connectivity index (χ0v) is 19.2. The number of nitrogens with one attached hydrogen (secondary N) is 1. The lowest BCUT2D eigenvalue weighted by atomic mass is 10.1. The third kappa shape index (κ3) is 6.26. The molecule has 2 rings (SSSR count). The maximum absolute atomic E-state index is 13.2. The maximum atomic E-state index is 13.2. The minimum Gasteiger partial charge on any atom is -0.354 e. The molecule has 0 spiro atoms. The summed E-state index contributed by atoms with van der Waals surface area (Å²) in [5, 5.41) is 4.45. The van der Waals surface area contributed by atoms with Gasteiger partial charge < -0.3 is 10.2 Å². The fourth-order valence-electron chi connectivity index (χ4n) is 2.79. The van der Waals surface area contributed by atoms with Gasteiger partial charge in [0.2, 0.25) is 11.8 Å². The van der Waals surface area contributed by atoms with E-state index in [-0.39, 0.29) is 24.8 Å². The van der Waals surface area contributed by atoms with Crippen LogP contribution < -0.4 is 5.32 Å². The molecule has 0 bridgehead atoms. The Hall–Kier alpha value is -1.46. The van der Waals surface area contributed by atoms with E-state index in [9.17, 15) is 9.59 Å². The van der Waals surface area contributed by atoms with Crippen LogP contribution in [0.15, 0.2) is 36.4 Å². The highest BCUT2D eigenvalue weighted by Crippen LogP contribution is 2.29. The van der Waals surface area contributed by atoms with E-state index in [1.807, 2.05) is 6.92 Å². The van der Waals surface area contributed by atoms with E-state index in [1.165, 1.54) is 4.90 Å². The Morgan fingerprint density at radius 3 is 1.90 bits per heavy atom. The summed E-state index contributed by atoms with van der Waals surface area (Å²) in [4.78, 5) is 27.2. The Morgan fingerprint density at radius 2 is 1.41 bits per heavy atom. The second-order valence-electron chi connectivity index (χ2n) is 6.57. The van der Waals surface area contributed by atoms with Gasteiger partial charge in [0.25, 0.3) is 0 Å². The van der Waals surface area contributed by atoms with Gasteiger partial charge in [0.15, 0.2) is 0 Å². The highest BCUT2D eigenvalue weighted by Gasteiger charge is 2.28. The number of carbonyl (C=O) groups excluding carboxylic acids is 2. The molecule has 8 heteroatoms. The molecule has 1 N–H and O–H groups in total. The van der Waals surface area contributed by atoms with E-state index < -0.39 is 6.04 Å². The monoisotopic (exact) mass is 474 g/mol. The van der Waals surface area contributed by atoms with Gasteiger partial charge in [0.1, 0.15) is 6.04 Å². The fraction of sp³-hybridized carbons (Fsp3) is 0.333. The van der Waals surface area contributed by atoms with Gasteiger partial charge in [0, 0.05) is 38.7 Å². The number of benzene rings is 2. The molecule has 2 aromatic carbocycles. The predicted molar refractivity (Wildman–Crippen MR) is 120 cm³/mol. The van der Waals surface area contributed by atoms with Crippen LogP contribution in [-0.2, 0) is 22.6 Å². The summed E-state index contributed by atoms with van der Waals surface area (Å²) >= 11 is 25.0. The molecule has 1 unspecified atom stereocenters. The Morgan fingerprint density at radius 1 is 0.931 bits per heavy atom. The van der Waals surface area contributed by atoms with E-state index in [2.05, 4.69) is 5.32 Å². The van der Waals surface area contributed by atoms with Crippen LogP contribution in [0.2, 0.25) is 20.1 Å². The van der Waals surface area contributed by atoms with Crippen LogP contribution in [0.4, 0.5) is 0 Å². The lowest BCUT2D eigenvalue weighted by Crippen LogP contribution is -2.48. The average Bonchev–Trinajstić information content (AvgIpc) is 2.68. The summed E-state index contributed by atoms with van der Waals surface area (Å²) in [5.74, 6) is -0.566. The van der Waals surface area contributed by atoms with Gasteiger partial charge in [-0.3, -0.25) is 9.59 Å². The molecular weight excluding hydrogens is 454 g/mol. The third-order valence-corrected chi connectivity index (χ3v) is 5.91. The molecular formula is C21H22Cl4N2O2. The zero-order chi connectivity index (χ0) is 21.6. The van der Waals surface area contributed by atoms with E-state index in [0.29, 0.717) is 37.8 Å². The summed E-state index contributed by atoms with van der Waals surface area (Å²) < 4.78 is 0. The first kappa shape index (κ1) is 23.8. The summed E-state index contributed by atoms with van der Waals surface area (Å²) in [6.07, 6.45) is 0.740. The molecule has 0 aliphatic rings. The molecule has 1 atom stereocenters. The second kappa shape index (κ2) is 11.1. The van der Waals surface area contributed by atoms with E-state index in [1.54, 1.807) is 43.3 Å². The van der Waals surface area contributed by atoms with Crippen molar-refractivity contribution in [2.24, 2.45) is 0 Å². The van der Waals surface area contributed by atoms with Crippen molar-refractivity contribution >= 4 is 58.2 Å². The number of rotatable bonds is 8. The molecule has 0 saturated carbocycles. The quantitative estimate of drug-likeness (QED) is 0.525.